The Balaban J connectivity index is 1.41. The summed E-state index contributed by atoms with van der Waals surface area (Å²) in [5.74, 6) is 0.612. The van der Waals surface area contributed by atoms with E-state index in [1.807, 2.05) is 31.3 Å². The van der Waals surface area contributed by atoms with E-state index in [-0.39, 0.29) is 12.9 Å². The molecule has 202 valence electrons. The second kappa shape index (κ2) is 10.7. The molecule has 0 bridgehead atoms. The molecule has 0 amide bonds. The summed E-state index contributed by atoms with van der Waals surface area (Å²) in [5, 5.41) is 7.11. The number of benzene rings is 2. The van der Waals surface area contributed by atoms with E-state index in [2.05, 4.69) is 38.5 Å². The molecule has 5 rings (SSSR count). The Bertz CT molecular complexity index is 1430. The molecular formula is C27H33N5O5S. The van der Waals surface area contributed by atoms with Crippen LogP contribution in [0.3, 0.4) is 0 Å². The van der Waals surface area contributed by atoms with E-state index in [9.17, 15) is 13.2 Å². The van der Waals surface area contributed by atoms with Crippen molar-refractivity contribution in [1.82, 2.24) is 15.1 Å². The van der Waals surface area contributed by atoms with Crippen LogP contribution >= 0.6 is 0 Å². The predicted molar refractivity (Wildman–Crippen MR) is 148 cm³/mol. The molecule has 2 unspecified atom stereocenters. The number of ether oxygens (including phenoxy) is 2. The first kappa shape index (κ1) is 26.1. The first-order chi connectivity index (χ1) is 18.3. The zero-order valence-corrected chi connectivity index (χ0v) is 22.5. The van der Waals surface area contributed by atoms with E-state index in [1.54, 1.807) is 12.1 Å². The summed E-state index contributed by atoms with van der Waals surface area (Å²) in [7, 11) is 0.0197. The minimum Gasteiger partial charge on any atom is -0.490 e. The van der Waals surface area contributed by atoms with Crippen molar-refractivity contribution in [3.05, 3.63) is 60.3 Å². The average Bonchev–Trinajstić information content (AvgIpc) is 3.31. The van der Waals surface area contributed by atoms with Crippen molar-refractivity contribution in [2.24, 2.45) is 0 Å². The molecule has 2 aromatic carbocycles. The second-order valence-corrected chi connectivity index (χ2v) is 12.0. The molecule has 38 heavy (non-hydrogen) atoms. The standard InChI is InChI=1S/C27H33N5O5S/c1-4-26(19-5-8-24-25(15-19)36-14-13-31(24)3)38(34,35)27(37-18-33)17-23-21-7-6-20(16-22(21)28-29-23)32-11-9-30(2)10-12-32/h4-8,15-16,18,26-27H,1,9-14,17H2,2-3H3,(H,28,29). The molecular weight excluding hydrogens is 506 g/mol. The molecule has 1 aromatic heterocycles. The van der Waals surface area contributed by atoms with Crippen molar-refractivity contribution in [3.8, 4) is 5.75 Å². The molecule has 1 fully saturated rings. The first-order valence-electron chi connectivity index (χ1n) is 12.6. The molecule has 0 saturated carbocycles. The van der Waals surface area contributed by atoms with E-state index in [0.717, 1.165) is 55.0 Å². The normalized spacial score (nSPS) is 17.9. The summed E-state index contributed by atoms with van der Waals surface area (Å²) in [6.07, 6.45) is 1.26. The summed E-state index contributed by atoms with van der Waals surface area (Å²) in [5.41, 5.74) is 2.35. The molecule has 0 radical (unpaired) electrons. The van der Waals surface area contributed by atoms with Gasteiger partial charge < -0.3 is 24.2 Å². The molecule has 2 atom stereocenters. The van der Waals surface area contributed by atoms with Crippen LogP contribution in [0, 0.1) is 0 Å². The second-order valence-electron chi connectivity index (χ2n) is 9.80. The number of carbonyl (C=O) groups excluding carboxylic acids is 1. The Morgan fingerprint density at radius 3 is 2.66 bits per heavy atom. The van der Waals surface area contributed by atoms with Crippen molar-refractivity contribution in [1.29, 1.82) is 0 Å². The molecule has 2 aliphatic rings. The van der Waals surface area contributed by atoms with Gasteiger partial charge in [0, 0.05) is 50.7 Å². The smallest absolute Gasteiger partial charge is 0.294 e. The summed E-state index contributed by atoms with van der Waals surface area (Å²) in [6, 6.07) is 11.3. The largest absolute Gasteiger partial charge is 0.490 e. The molecule has 3 heterocycles. The fraction of sp³-hybridized carbons (Fsp3) is 0.407. The van der Waals surface area contributed by atoms with Crippen molar-refractivity contribution < 1.29 is 22.7 Å². The molecule has 11 heteroatoms. The van der Waals surface area contributed by atoms with Gasteiger partial charge in [-0.25, -0.2) is 8.42 Å². The number of rotatable bonds is 9. The van der Waals surface area contributed by atoms with Gasteiger partial charge in [0.1, 0.15) is 17.6 Å². The van der Waals surface area contributed by atoms with E-state index in [0.29, 0.717) is 23.6 Å². The van der Waals surface area contributed by atoms with Gasteiger partial charge >= 0.3 is 0 Å². The zero-order chi connectivity index (χ0) is 26.9. The van der Waals surface area contributed by atoms with Gasteiger partial charge in [0.15, 0.2) is 9.84 Å². The van der Waals surface area contributed by atoms with E-state index in [1.165, 1.54) is 6.08 Å². The Labute approximate surface area is 222 Å². The summed E-state index contributed by atoms with van der Waals surface area (Å²) >= 11 is 0. The third-order valence-corrected chi connectivity index (χ3v) is 9.59. The van der Waals surface area contributed by atoms with Gasteiger partial charge in [-0.1, -0.05) is 12.1 Å². The number of anilines is 2. The van der Waals surface area contributed by atoms with Crippen molar-refractivity contribution >= 4 is 38.6 Å². The number of nitrogens with one attached hydrogen (secondary N) is 1. The topological polar surface area (TPSA) is 108 Å². The quantitative estimate of drug-likeness (QED) is 0.324. The summed E-state index contributed by atoms with van der Waals surface area (Å²) in [4.78, 5) is 18.1. The van der Waals surface area contributed by atoms with Crippen LogP contribution in [0.4, 0.5) is 11.4 Å². The minimum atomic E-state index is -4.05. The highest BCUT2D eigenvalue weighted by Gasteiger charge is 2.36. The SMILES string of the molecule is C=CC(c1ccc2c(c1)OCCN2C)S(=O)(=O)C(Cc1n[nH]c2cc(N3CCN(C)CC3)ccc12)OC=O. The van der Waals surface area contributed by atoms with Crippen LogP contribution in [0.25, 0.3) is 10.9 Å². The summed E-state index contributed by atoms with van der Waals surface area (Å²) < 4.78 is 38.5. The first-order valence-corrected chi connectivity index (χ1v) is 14.3. The van der Waals surface area contributed by atoms with Gasteiger partial charge in [-0.3, -0.25) is 9.89 Å². The number of nitrogens with zero attached hydrogens (tertiary/aromatic N) is 4. The van der Waals surface area contributed by atoms with Gasteiger partial charge in [0.05, 0.1) is 23.4 Å². The van der Waals surface area contributed by atoms with Crippen molar-refractivity contribution in [2.75, 3.05) is 63.2 Å². The molecule has 1 saturated heterocycles. The number of aromatic nitrogens is 2. The van der Waals surface area contributed by atoms with Crippen LogP contribution in [0.1, 0.15) is 16.5 Å². The number of sulfone groups is 1. The highest BCUT2D eigenvalue weighted by Crippen LogP contribution is 2.37. The fourth-order valence-corrected chi connectivity index (χ4v) is 6.83. The molecule has 10 nitrogen and oxygen atoms in total. The lowest BCUT2D eigenvalue weighted by molar-refractivity contribution is -0.130. The van der Waals surface area contributed by atoms with Gasteiger partial charge in [-0.05, 0) is 42.9 Å². The fourth-order valence-electron chi connectivity index (χ4n) is 5.12. The van der Waals surface area contributed by atoms with Crippen LogP contribution in [-0.4, -0.2) is 88.8 Å². The number of H-pyrrole nitrogens is 1. The highest BCUT2D eigenvalue weighted by atomic mass is 32.2. The Morgan fingerprint density at radius 1 is 1.13 bits per heavy atom. The van der Waals surface area contributed by atoms with Crippen LogP contribution in [0.15, 0.2) is 49.1 Å². The molecule has 0 spiro atoms. The lowest BCUT2D eigenvalue weighted by Gasteiger charge is -2.34. The van der Waals surface area contributed by atoms with Crippen molar-refractivity contribution in [3.63, 3.8) is 0 Å². The van der Waals surface area contributed by atoms with E-state index >= 15 is 0 Å². The lowest BCUT2D eigenvalue weighted by Crippen LogP contribution is -2.44. The van der Waals surface area contributed by atoms with Crippen molar-refractivity contribution in [2.45, 2.75) is 17.1 Å². The van der Waals surface area contributed by atoms with Gasteiger partial charge in [0.25, 0.3) is 6.47 Å². The number of piperazine rings is 1. The maximum Gasteiger partial charge on any atom is 0.294 e. The maximum atomic E-state index is 13.8. The van der Waals surface area contributed by atoms with E-state index < -0.39 is 20.5 Å². The number of hydrogen-bond donors (Lipinski definition) is 1. The number of aromatic amines is 1. The Kier molecular flexibility index (Phi) is 7.31. The Hall–Kier alpha value is -3.57. The number of fused-ring (bicyclic) bond motifs is 2. The Morgan fingerprint density at radius 2 is 1.92 bits per heavy atom. The number of hydrogen-bond acceptors (Lipinski definition) is 9. The van der Waals surface area contributed by atoms with Crippen LogP contribution in [0.2, 0.25) is 0 Å². The van der Waals surface area contributed by atoms with Gasteiger partial charge in [-0.2, -0.15) is 5.10 Å². The predicted octanol–water partition coefficient (Wildman–Crippen LogP) is 2.53. The monoisotopic (exact) mass is 539 g/mol. The molecule has 3 aromatic rings. The average molecular weight is 540 g/mol. The third kappa shape index (κ3) is 4.95. The summed E-state index contributed by atoms with van der Waals surface area (Å²) in [6.45, 7) is 9.06. The maximum absolute atomic E-state index is 13.8. The highest BCUT2D eigenvalue weighted by molar-refractivity contribution is 7.92. The zero-order valence-electron chi connectivity index (χ0n) is 21.7. The van der Waals surface area contributed by atoms with Gasteiger partial charge in [0.2, 0.25) is 5.44 Å². The molecule has 2 aliphatic heterocycles. The minimum absolute atomic E-state index is 0.0938. The molecule has 1 N–H and O–H groups in total. The molecule has 0 aliphatic carbocycles. The third-order valence-electron chi connectivity index (χ3n) is 7.40. The number of likely N-dealkylation sites (N-methyl/N-ethyl adjacent to an activating group) is 2. The lowest BCUT2D eigenvalue weighted by atomic mass is 10.1. The van der Waals surface area contributed by atoms with Crippen LogP contribution in [0.5, 0.6) is 5.75 Å². The van der Waals surface area contributed by atoms with Crippen LogP contribution in [-0.2, 0) is 25.8 Å². The van der Waals surface area contributed by atoms with Gasteiger partial charge in [-0.15, -0.1) is 6.58 Å². The van der Waals surface area contributed by atoms with E-state index in [4.69, 9.17) is 9.47 Å². The number of carbonyl (C=O) groups is 1. The van der Waals surface area contributed by atoms with Crippen LogP contribution < -0.4 is 14.5 Å².